The molecule has 1 aliphatic heterocycles. The summed E-state index contributed by atoms with van der Waals surface area (Å²) in [4.78, 5) is 43.3. The van der Waals surface area contributed by atoms with E-state index in [1.54, 1.807) is 26.2 Å². The molecule has 3 N–H and O–H groups in total. The Morgan fingerprint density at radius 1 is 1.43 bits per heavy atom. The quantitative estimate of drug-likeness (QED) is 0.498. The number of urea groups is 1. The molecule has 1 saturated heterocycles. The number of aromatic amines is 1. The zero-order valence-electron chi connectivity index (χ0n) is 12.1. The van der Waals surface area contributed by atoms with E-state index >= 15 is 0 Å². The topological polar surface area (TPSA) is 107 Å². The molecule has 21 heavy (non-hydrogen) atoms. The number of carbonyl (C=O) groups excluding carboxylic acids is 3. The van der Waals surface area contributed by atoms with Crippen LogP contribution in [0.25, 0.3) is 0 Å². The van der Waals surface area contributed by atoms with Gasteiger partial charge in [-0.25, -0.2) is 9.78 Å². The molecular weight excluding hydrogens is 274 g/mol. The predicted octanol–water partition coefficient (Wildman–Crippen LogP) is -0.211. The van der Waals surface area contributed by atoms with Crippen molar-refractivity contribution in [3.8, 4) is 0 Å². The van der Waals surface area contributed by atoms with Gasteiger partial charge in [0.1, 0.15) is 17.9 Å². The monoisotopic (exact) mass is 293 g/mol. The second kappa shape index (κ2) is 5.94. The second-order valence-electron chi connectivity index (χ2n) is 5.44. The van der Waals surface area contributed by atoms with Crippen LogP contribution in [0.15, 0.2) is 12.4 Å². The Morgan fingerprint density at radius 3 is 2.76 bits per heavy atom. The number of hydrogen-bond acceptors (Lipinski definition) is 4. The van der Waals surface area contributed by atoms with E-state index < -0.39 is 17.5 Å². The molecule has 2 rings (SSSR count). The molecule has 4 amide bonds. The van der Waals surface area contributed by atoms with Crippen LogP contribution in [0.1, 0.15) is 26.1 Å². The average Bonchev–Trinajstić information content (AvgIpc) is 2.98. The molecule has 1 aliphatic rings. The molecule has 0 atom stereocenters. The highest BCUT2D eigenvalue weighted by Gasteiger charge is 2.44. The van der Waals surface area contributed by atoms with Gasteiger partial charge in [0.15, 0.2) is 0 Å². The molecule has 8 heteroatoms. The maximum Gasteiger partial charge on any atom is 0.325 e. The van der Waals surface area contributed by atoms with Gasteiger partial charge in [0.05, 0.1) is 0 Å². The molecule has 1 fully saturated rings. The molecule has 0 spiro atoms. The maximum absolute atomic E-state index is 11.9. The molecule has 0 radical (unpaired) electrons. The van der Waals surface area contributed by atoms with Crippen molar-refractivity contribution in [1.29, 1.82) is 0 Å². The minimum Gasteiger partial charge on any atom is -0.355 e. The van der Waals surface area contributed by atoms with Gasteiger partial charge in [0.2, 0.25) is 5.91 Å². The van der Waals surface area contributed by atoms with Crippen LogP contribution in [0.3, 0.4) is 0 Å². The highest BCUT2D eigenvalue weighted by atomic mass is 16.2. The van der Waals surface area contributed by atoms with Crippen LogP contribution in [0.5, 0.6) is 0 Å². The number of imidazole rings is 1. The van der Waals surface area contributed by atoms with Crippen molar-refractivity contribution in [2.75, 3.05) is 13.1 Å². The standard InChI is InChI=1S/C13H19N5O3/c1-13(2)11(20)18(12(21)17-13)8-10(19)16-5-3-4-9-14-6-7-15-9/h6-7H,3-5,8H2,1-2H3,(H,14,15)(H,16,19)(H,17,21). The molecule has 1 aromatic rings. The van der Waals surface area contributed by atoms with Gasteiger partial charge in [-0.2, -0.15) is 0 Å². The minimum atomic E-state index is -0.948. The Morgan fingerprint density at radius 2 is 2.19 bits per heavy atom. The van der Waals surface area contributed by atoms with E-state index in [0.29, 0.717) is 6.54 Å². The smallest absolute Gasteiger partial charge is 0.325 e. The van der Waals surface area contributed by atoms with Crippen molar-refractivity contribution in [1.82, 2.24) is 25.5 Å². The molecule has 0 aliphatic carbocycles. The average molecular weight is 293 g/mol. The summed E-state index contributed by atoms with van der Waals surface area (Å²) < 4.78 is 0. The zero-order valence-corrected chi connectivity index (χ0v) is 12.1. The van der Waals surface area contributed by atoms with Crippen molar-refractivity contribution in [3.63, 3.8) is 0 Å². The number of nitrogens with zero attached hydrogens (tertiary/aromatic N) is 2. The number of H-pyrrole nitrogens is 1. The summed E-state index contributed by atoms with van der Waals surface area (Å²) >= 11 is 0. The van der Waals surface area contributed by atoms with E-state index in [1.165, 1.54) is 0 Å². The summed E-state index contributed by atoms with van der Waals surface area (Å²) in [5, 5.41) is 5.22. The zero-order chi connectivity index (χ0) is 15.5. The highest BCUT2D eigenvalue weighted by molar-refractivity contribution is 6.08. The lowest BCUT2D eigenvalue weighted by atomic mass is 10.1. The van der Waals surface area contributed by atoms with Crippen LogP contribution < -0.4 is 10.6 Å². The number of rotatable bonds is 6. The Hall–Kier alpha value is -2.38. The summed E-state index contributed by atoms with van der Waals surface area (Å²) in [6, 6.07) is -0.532. The van der Waals surface area contributed by atoms with Gasteiger partial charge in [-0.1, -0.05) is 0 Å². The van der Waals surface area contributed by atoms with Crippen molar-refractivity contribution in [2.45, 2.75) is 32.2 Å². The van der Waals surface area contributed by atoms with Crippen molar-refractivity contribution in [3.05, 3.63) is 18.2 Å². The van der Waals surface area contributed by atoms with Crippen LogP contribution in [0.4, 0.5) is 4.79 Å². The first-order valence-electron chi connectivity index (χ1n) is 6.79. The van der Waals surface area contributed by atoms with Gasteiger partial charge >= 0.3 is 6.03 Å². The maximum atomic E-state index is 11.9. The van der Waals surface area contributed by atoms with E-state index in [9.17, 15) is 14.4 Å². The SMILES string of the molecule is CC1(C)NC(=O)N(CC(=O)NCCCc2ncc[nH]2)C1=O. The van der Waals surface area contributed by atoms with Crippen molar-refractivity contribution in [2.24, 2.45) is 0 Å². The fourth-order valence-corrected chi connectivity index (χ4v) is 2.08. The third-order valence-corrected chi connectivity index (χ3v) is 3.21. The van der Waals surface area contributed by atoms with Gasteiger partial charge in [-0.3, -0.25) is 14.5 Å². The molecule has 114 valence electrons. The van der Waals surface area contributed by atoms with Crippen molar-refractivity contribution >= 4 is 17.8 Å². The summed E-state index contributed by atoms with van der Waals surface area (Å²) in [6.07, 6.45) is 4.87. The lowest BCUT2D eigenvalue weighted by Gasteiger charge is -2.15. The Bertz CT molecular complexity index is 538. The van der Waals surface area contributed by atoms with Gasteiger partial charge in [0.25, 0.3) is 5.91 Å². The first kappa shape index (κ1) is 15.0. The fourth-order valence-electron chi connectivity index (χ4n) is 2.08. The van der Waals surface area contributed by atoms with E-state index in [2.05, 4.69) is 20.6 Å². The molecule has 0 aromatic carbocycles. The Kier molecular flexibility index (Phi) is 4.25. The lowest BCUT2D eigenvalue weighted by Crippen LogP contribution is -2.43. The summed E-state index contributed by atoms with van der Waals surface area (Å²) in [6.45, 7) is 3.42. The normalized spacial score (nSPS) is 17.0. The molecule has 0 unspecified atom stereocenters. The largest absolute Gasteiger partial charge is 0.355 e. The van der Waals surface area contributed by atoms with Crippen LogP contribution in [-0.4, -0.2) is 51.3 Å². The Labute approximate surface area is 122 Å². The minimum absolute atomic E-state index is 0.255. The molecule has 8 nitrogen and oxygen atoms in total. The lowest BCUT2D eigenvalue weighted by molar-refractivity contribution is -0.134. The van der Waals surface area contributed by atoms with Crippen LogP contribution >= 0.6 is 0 Å². The van der Waals surface area contributed by atoms with E-state index in [-0.39, 0.29) is 12.5 Å². The number of amides is 4. The second-order valence-corrected chi connectivity index (χ2v) is 5.44. The van der Waals surface area contributed by atoms with Gasteiger partial charge in [0, 0.05) is 25.4 Å². The van der Waals surface area contributed by atoms with E-state index in [0.717, 1.165) is 23.6 Å². The first-order valence-corrected chi connectivity index (χ1v) is 6.79. The molecule has 0 saturated carbocycles. The highest BCUT2D eigenvalue weighted by Crippen LogP contribution is 2.15. The molecule has 2 heterocycles. The number of carbonyl (C=O) groups is 3. The van der Waals surface area contributed by atoms with E-state index in [1.807, 2.05) is 0 Å². The number of aryl methyl sites for hydroxylation is 1. The first-order chi connectivity index (χ1) is 9.90. The fraction of sp³-hybridized carbons (Fsp3) is 0.538. The number of aromatic nitrogens is 2. The number of hydrogen-bond donors (Lipinski definition) is 3. The molecule has 0 bridgehead atoms. The van der Waals surface area contributed by atoms with Gasteiger partial charge in [-0.15, -0.1) is 0 Å². The number of imide groups is 1. The van der Waals surface area contributed by atoms with E-state index in [4.69, 9.17) is 0 Å². The third-order valence-electron chi connectivity index (χ3n) is 3.21. The Balaban J connectivity index is 1.72. The molecular formula is C13H19N5O3. The summed E-state index contributed by atoms with van der Waals surface area (Å²) in [7, 11) is 0. The van der Waals surface area contributed by atoms with Gasteiger partial charge in [-0.05, 0) is 20.3 Å². The predicted molar refractivity (Wildman–Crippen MR) is 74.2 cm³/mol. The van der Waals surface area contributed by atoms with Gasteiger partial charge < -0.3 is 15.6 Å². The summed E-state index contributed by atoms with van der Waals surface area (Å²) in [5.74, 6) is 0.119. The summed E-state index contributed by atoms with van der Waals surface area (Å²) in [5.41, 5.74) is -0.948. The number of nitrogens with one attached hydrogen (secondary N) is 3. The van der Waals surface area contributed by atoms with Crippen LogP contribution in [-0.2, 0) is 16.0 Å². The van der Waals surface area contributed by atoms with Crippen molar-refractivity contribution < 1.29 is 14.4 Å². The van der Waals surface area contributed by atoms with Crippen LogP contribution in [0.2, 0.25) is 0 Å². The van der Waals surface area contributed by atoms with Crippen LogP contribution in [0, 0.1) is 0 Å². The molecule has 1 aromatic heterocycles. The third kappa shape index (κ3) is 3.59.